The molecule has 0 bridgehead atoms. The summed E-state index contributed by atoms with van der Waals surface area (Å²) in [6.45, 7) is 1.61. The average molecular weight is 296 g/mol. The van der Waals surface area contributed by atoms with Gasteiger partial charge in [-0.05, 0) is 25.3 Å². The van der Waals surface area contributed by atoms with E-state index >= 15 is 0 Å². The van der Waals surface area contributed by atoms with E-state index in [1.165, 1.54) is 11.8 Å². The van der Waals surface area contributed by atoms with Crippen LogP contribution in [0.2, 0.25) is 0 Å². The topological polar surface area (TPSA) is 72.2 Å². The number of rotatable bonds is 5. The first-order valence-electron chi connectivity index (χ1n) is 5.03. The zero-order valence-electron chi connectivity index (χ0n) is 9.91. The molecular weight excluding hydrogens is 282 g/mol. The van der Waals surface area contributed by atoms with E-state index in [2.05, 4.69) is 4.72 Å². The van der Waals surface area contributed by atoms with Crippen molar-refractivity contribution in [1.29, 1.82) is 0 Å². The van der Waals surface area contributed by atoms with E-state index in [1.54, 1.807) is 13.2 Å². The second kappa shape index (κ2) is 5.85. The summed E-state index contributed by atoms with van der Waals surface area (Å²) in [4.78, 5) is -0.996. The van der Waals surface area contributed by atoms with Crippen LogP contribution in [0.15, 0.2) is 17.0 Å². The van der Waals surface area contributed by atoms with Crippen LogP contribution >= 0.6 is 11.8 Å². The largest absolute Gasteiger partial charge is 0.399 e. The molecule has 0 aliphatic carbocycles. The maximum Gasteiger partial charge on any atom is 0.246 e. The van der Waals surface area contributed by atoms with Crippen LogP contribution in [0, 0.1) is 11.6 Å². The van der Waals surface area contributed by atoms with Gasteiger partial charge in [0.1, 0.15) is 11.6 Å². The third kappa shape index (κ3) is 3.56. The summed E-state index contributed by atoms with van der Waals surface area (Å²) < 4.78 is 52.9. The molecule has 8 heteroatoms. The summed E-state index contributed by atoms with van der Waals surface area (Å²) in [6, 6.07) is 1.12. The molecule has 1 rings (SSSR count). The molecule has 1 aromatic rings. The van der Waals surface area contributed by atoms with Crippen LogP contribution in [0.3, 0.4) is 0 Å². The minimum Gasteiger partial charge on any atom is -0.399 e. The maximum atomic E-state index is 13.5. The molecule has 0 aromatic heterocycles. The molecule has 0 aliphatic heterocycles. The quantitative estimate of drug-likeness (QED) is 0.809. The standard InChI is InChI=1S/C10H14F2N2O2S2/c1-6(5-17-2)14-18(15,16)10-8(11)3-7(13)4-9(10)12/h3-4,6,14H,5,13H2,1-2H3. The van der Waals surface area contributed by atoms with Gasteiger partial charge in [-0.25, -0.2) is 21.9 Å². The summed E-state index contributed by atoms with van der Waals surface area (Å²) in [6.07, 6.45) is 1.80. The highest BCUT2D eigenvalue weighted by Gasteiger charge is 2.25. The lowest BCUT2D eigenvalue weighted by atomic mass is 10.3. The Kier molecular flexibility index (Phi) is 4.94. The zero-order chi connectivity index (χ0) is 13.9. The summed E-state index contributed by atoms with van der Waals surface area (Å²) >= 11 is 1.42. The molecule has 1 aromatic carbocycles. The Labute approximate surface area is 109 Å². The first-order chi connectivity index (χ1) is 8.27. The van der Waals surface area contributed by atoms with E-state index < -0.39 is 32.6 Å². The van der Waals surface area contributed by atoms with Crippen LogP contribution in [-0.2, 0) is 10.0 Å². The third-order valence-electron chi connectivity index (χ3n) is 2.06. The zero-order valence-corrected chi connectivity index (χ0v) is 11.5. The summed E-state index contributed by atoms with van der Waals surface area (Å²) in [5.74, 6) is -1.90. The van der Waals surface area contributed by atoms with Crippen LogP contribution in [0.25, 0.3) is 0 Å². The number of nitrogen functional groups attached to an aromatic ring is 1. The first-order valence-corrected chi connectivity index (χ1v) is 7.91. The number of sulfonamides is 1. The Morgan fingerprint density at radius 3 is 2.33 bits per heavy atom. The van der Waals surface area contributed by atoms with Gasteiger partial charge in [-0.2, -0.15) is 11.8 Å². The monoisotopic (exact) mass is 296 g/mol. The highest BCUT2D eigenvalue weighted by molar-refractivity contribution is 7.98. The fourth-order valence-electron chi connectivity index (χ4n) is 1.44. The first kappa shape index (κ1) is 15.2. The molecule has 18 heavy (non-hydrogen) atoms. The fraction of sp³-hybridized carbons (Fsp3) is 0.400. The van der Waals surface area contributed by atoms with Gasteiger partial charge in [0.05, 0.1) is 0 Å². The van der Waals surface area contributed by atoms with Gasteiger partial charge in [0.15, 0.2) is 4.90 Å². The number of benzene rings is 1. The van der Waals surface area contributed by atoms with Crippen LogP contribution < -0.4 is 10.5 Å². The van der Waals surface area contributed by atoms with Crippen molar-refractivity contribution in [2.75, 3.05) is 17.7 Å². The fourth-order valence-corrected chi connectivity index (χ4v) is 3.50. The third-order valence-corrected chi connectivity index (χ3v) is 4.54. The molecule has 102 valence electrons. The van der Waals surface area contributed by atoms with Crippen molar-refractivity contribution in [2.45, 2.75) is 17.9 Å². The molecule has 0 amide bonds. The Balaban J connectivity index is 3.13. The lowest BCUT2D eigenvalue weighted by Gasteiger charge is -2.14. The average Bonchev–Trinajstić information content (AvgIpc) is 2.13. The number of anilines is 1. The van der Waals surface area contributed by atoms with Crippen LogP contribution in [0.1, 0.15) is 6.92 Å². The molecule has 0 saturated heterocycles. The van der Waals surface area contributed by atoms with Crippen molar-refractivity contribution in [3.63, 3.8) is 0 Å². The molecule has 0 saturated carbocycles. The minimum atomic E-state index is -4.23. The normalized spacial score (nSPS) is 13.6. The van der Waals surface area contributed by atoms with Gasteiger partial charge in [0.2, 0.25) is 10.0 Å². The highest BCUT2D eigenvalue weighted by Crippen LogP contribution is 2.21. The van der Waals surface area contributed by atoms with E-state index in [0.717, 1.165) is 12.1 Å². The number of nitrogens with two attached hydrogens (primary N) is 1. The summed E-state index contributed by atoms with van der Waals surface area (Å²) in [5, 5.41) is 0. The molecular formula is C10H14F2N2O2S2. The van der Waals surface area contributed by atoms with Gasteiger partial charge in [-0.1, -0.05) is 0 Å². The van der Waals surface area contributed by atoms with Gasteiger partial charge in [-0.15, -0.1) is 0 Å². The van der Waals surface area contributed by atoms with Crippen molar-refractivity contribution in [3.05, 3.63) is 23.8 Å². The second-order valence-corrected chi connectivity index (χ2v) is 6.35. The smallest absolute Gasteiger partial charge is 0.246 e. The van der Waals surface area contributed by atoms with Crippen LogP contribution in [0.4, 0.5) is 14.5 Å². The predicted octanol–water partition coefficient (Wildman–Crippen LogP) is 1.58. The molecule has 0 fully saturated rings. The molecule has 0 heterocycles. The Morgan fingerprint density at radius 1 is 1.39 bits per heavy atom. The van der Waals surface area contributed by atoms with Gasteiger partial charge in [0.25, 0.3) is 0 Å². The van der Waals surface area contributed by atoms with E-state index in [1.807, 2.05) is 0 Å². The molecule has 3 N–H and O–H groups in total. The van der Waals surface area contributed by atoms with Crippen molar-refractivity contribution in [1.82, 2.24) is 4.72 Å². The maximum absolute atomic E-state index is 13.5. The van der Waals surface area contributed by atoms with Gasteiger partial charge in [-0.3, -0.25) is 0 Å². The molecule has 0 spiro atoms. The highest BCUT2D eigenvalue weighted by atomic mass is 32.2. The van der Waals surface area contributed by atoms with Crippen molar-refractivity contribution >= 4 is 27.5 Å². The van der Waals surface area contributed by atoms with Crippen molar-refractivity contribution in [3.8, 4) is 0 Å². The van der Waals surface area contributed by atoms with Crippen molar-refractivity contribution in [2.24, 2.45) is 0 Å². The second-order valence-electron chi connectivity index (χ2n) is 3.79. The Morgan fingerprint density at radius 2 is 1.89 bits per heavy atom. The van der Waals surface area contributed by atoms with Gasteiger partial charge in [0, 0.05) is 17.5 Å². The van der Waals surface area contributed by atoms with Crippen molar-refractivity contribution < 1.29 is 17.2 Å². The number of halogens is 2. The SMILES string of the molecule is CSCC(C)NS(=O)(=O)c1c(F)cc(N)cc1F. The summed E-state index contributed by atoms with van der Waals surface area (Å²) in [7, 11) is -4.23. The number of nitrogens with one attached hydrogen (secondary N) is 1. The molecule has 4 nitrogen and oxygen atoms in total. The van der Waals surface area contributed by atoms with Crippen LogP contribution in [-0.4, -0.2) is 26.5 Å². The van der Waals surface area contributed by atoms with E-state index in [9.17, 15) is 17.2 Å². The van der Waals surface area contributed by atoms with Crippen LogP contribution in [0.5, 0.6) is 0 Å². The van der Waals surface area contributed by atoms with E-state index in [-0.39, 0.29) is 5.69 Å². The Hall–Kier alpha value is -0.860. The molecule has 1 atom stereocenters. The number of hydrogen-bond acceptors (Lipinski definition) is 4. The molecule has 0 aliphatic rings. The molecule has 1 unspecified atom stereocenters. The lowest BCUT2D eigenvalue weighted by Crippen LogP contribution is -2.35. The van der Waals surface area contributed by atoms with E-state index in [0.29, 0.717) is 5.75 Å². The number of thioether (sulfide) groups is 1. The van der Waals surface area contributed by atoms with Gasteiger partial charge < -0.3 is 5.73 Å². The minimum absolute atomic E-state index is 0.166. The lowest BCUT2D eigenvalue weighted by molar-refractivity contribution is 0.511. The Bertz CT molecular complexity index is 512. The molecule has 0 radical (unpaired) electrons. The summed E-state index contributed by atoms with van der Waals surface area (Å²) in [5.41, 5.74) is 5.06. The predicted molar refractivity (Wildman–Crippen MR) is 68.9 cm³/mol. The van der Waals surface area contributed by atoms with Gasteiger partial charge >= 0.3 is 0 Å². The number of hydrogen-bond donors (Lipinski definition) is 2. The van der Waals surface area contributed by atoms with E-state index in [4.69, 9.17) is 5.73 Å².